The molecular weight excluding hydrogens is 120 g/mol. The van der Waals surface area contributed by atoms with E-state index < -0.39 is 0 Å². The molecule has 0 aromatic rings. The lowest BCUT2D eigenvalue weighted by atomic mass is 10.1. The predicted octanol–water partition coefficient (Wildman–Crippen LogP) is 2.75. The highest BCUT2D eigenvalue weighted by Gasteiger charge is 2.09. The number of hydrogen-bond donors (Lipinski definition) is 0. The van der Waals surface area contributed by atoms with Crippen molar-refractivity contribution >= 4 is 0 Å². The van der Waals surface area contributed by atoms with Gasteiger partial charge in [-0.05, 0) is 42.6 Å². The van der Waals surface area contributed by atoms with Crippen LogP contribution in [0.15, 0.2) is 41.2 Å². The van der Waals surface area contributed by atoms with E-state index in [1.807, 2.05) is 6.08 Å². The molecule has 2 aliphatic carbocycles. The van der Waals surface area contributed by atoms with E-state index in [1.165, 1.54) is 30.4 Å². The average molecular weight is 130 g/mol. The molecule has 0 radical (unpaired) electrons. The van der Waals surface area contributed by atoms with Crippen LogP contribution in [-0.4, -0.2) is 0 Å². The first kappa shape index (κ1) is 5.76. The van der Waals surface area contributed by atoms with E-state index in [9.17, 15) is 0 Å². The van der Waals surface area contributed by atoms with Crippen LogP contribution >= 0.6 is 0 Å². The monoisotopic (exact) mass is 130 g/mol. The SMILES string of the molecule is C1=CC=CC2=C(C=1)CCC2. The summed E-state index contributed by atoms with van der Waals surface area (Å²) in [6.07, 6.45) is 12.2. The molecule has 50 valence electrons. The van der Waals surface area contributed by atoms with E-state index in [4.69, 9.17) is 0 Å². The molecule has 0 nitrogen and oxygen atoms in total. The lowest BCUT2D eigenvalue weighted by molar-refractivity contribution is 0.906. The van der Waals surface area contributed by atoms with Gasteiger partial charge in [-0.25, -0.2) is 0 Å². The Morgan fingerprint density at radius 1 is 1.20 bits per heavy atom. The van der Waals surface area contributed by atoms with Gasteiger partial charge < -0.3 is 0 Å². The van der Waals surface area contributed by atoms with Gasteiger partial charge >= 0.3 is 0 Å². The van der Waals surface area contributed by atoms with E-state index in [2.05, 4.69) is 24.0 Å². The molecule has 0 unspecified atom stereocenters. The fraction of sp³-hybridized carbons (Fsp3) is 0.300. The van der Waals surface area contributed by atoms with Crippen LogP contribution in [-0.2, 0) is 0 Å². The van der Waals surface area contributed by atoms with Crippen LogP contribution in [0.2, 0.25) is 0 Å². The fourth-order valence-corrected chi connectivity index (χ4v) is 1.51. The van der Waals surface area contributed by atoms with Crippen LogP contribution in [0.25, 0.3) is 0 Å². The summed E-state index contributed by atoms with van der Waals surface area (Å²) >= 11 is 0. The summed E-state index contributed by atoms with van der Waals surface area (Å²) in [5, 5.41) is 0. The van der Waals surface area contributed by atoms with Gasteiger partial charge in [0.15, 0.2) is 0 Å². The lowest BCUT2D eigenvalue weighted by Gasteiger charge is -1.91. The van der Waals surface area contributed by atoms with Crippen molar-refractivity contribution in [1.82, 2.24) is 0 Å². The van der Waals surface area contributed by atoms with Crippen LogP contribution in [0.1, 0.15) is 19.3 Å². The number of allylic oxidation sites excluding steroid dienone is 5. The van der Waals surface area contributed by atoms with Crippen LogP contribution in [0.4, 0.5) is 0 Å². The summed E-state index contributed by atoms with van der Waals surface area (Å²) in [6.45, 7) is 0. The molecule has 0 spiro atoms. The van der Waals surface area contributed by atoms with Crippen molar-refractivity contribution < 1.29 is 0 Å². The van der Waals surface area contributed by atoms with Crippen molar-refractivity contribution in [3.63, 3.8) is 0 Å². The van der Waals surface area contributed by atoms with Crippen molar-refractivity contribution in [1.29, 1.82) is 0 Å². The highest BCUT2D eigenvalue weighted by Crippen LogP contribution is 2.28. The van der Waals surface area contributed by atoms with Crippen molar-refractivity contribution in [2.75, 3.05) is 0 Å². The minimum absolute atomic E-state index is 1.25. The molecule has 0 amide bonds. The van der Waals surface area contributed by atoms with Gasteiger partial charge in [0, 0.05) is 0 Å². The van der Waals surface area contributed by atoms with Crippen LogP contribution < -0.4 is 0 Å². The second kappa shape index (κ2) is 2.32. The standard InChI is InChI=1S/C10H10/c1-2-5-9-7-4-8-10(9)6-3-1/h1-2,5-6H,4,7-8H2. The Balaban J connectivity index is 2.44. The normalized spacial score (nSPS) is 21.6. The summed E-state index contributed by atoms with van der Waals surface area (Å²) in [7, 11) is 0. The van der Waals surface area contributed by atoms with Gasteiger partial charge in [-0.3, -0.25) is 0 Å². The maximum atomic E-state index is 3.12. The molecule has 2 rings (SSSR count). The molecule has 0 aromatic carbocycles. The minimum atomic E-state index is 1.25. The summed E-state index contributed by atoms with van der Waals surface area (Å²) in [6, 6.07) is 0. The fourth-order valence-electron chi connectivity index (χ4n) is 1.51. The minimum Gasteiger partial charge on any atom is -0.121 e. The van der Waals surface area contributed by atoms with Gasteiger partial charge in [0.2, 0.25) is 0 Å². The maximum absolute atomic E-state index is 3.12. The van der Waals surface area contributed by atoms with Gasteiger partial charge in [0.1, 0.15) is 0 Å². The predicted molar refractivity (Wildman–Crippen MR) is 42.7 cm³/mol. The second-order valence-corrected chi connectivity index (χ2v) is 2.74. The second-order valence-electron chi connectivity index (χ2n) is 2.74. The molecule has 2 aliphatic rings. The van der Waals surface area contributed by atoms with E-state index in [1.54, 1.807) is 0 Å². The number of rotatable bonds is 0. The molecule has 0 saturated heterocycles. The highest BCUT2D eigenvalue weighted by molar-refractivity contribution is 5.39. The quantitative estimate of drug-likeness (QED) is 0.442. The first-order chi connectivity index (χ1) is 4.97. The Morgan fingerprint density at radius 2 is 2.10 bits per heavy atom. The van der Waals surface area contributed by atoms with Crippen LogP contribution in [0, 0.1) is 0 Å². The molecule has 0 saturated carbocycles. The van der Waals surface area contributed by atoms with Gasteiger partial charge in [-0.15, -0.1) is 5.73 Å². The zero-order valence-electron chi connectivity index (χ0n) is 5.93. The highest BCUT2D eigenvalue weighted by atomic mass is 14.1. The van der Waals surface area contributed by atoms with Crippen LogP contribution in [0.5, 0.6) is 0 Å². The Labute approximate surface area is 61.3 Å². The first-order valence-electron chi connectivity index (χ1n) is 3.78. The lowest BCUT2D eigenvalue weighted by Crippen LogP contribution is -1.71. The average Bonchev–Trinajstić information content (AvgIpc) is 2.28. The van der Waals surface area contributed by atoms with Crippen LogP contribution in [0.3, 0.4) is 0 Å². The zero-order chi connectivity index (χ0) is 6.81. The maximum Gasteiger partial charge on any atom is -0.0165 e. The molecular formula is C10H10. The largest absolute Gasteiger partial charge is 0.121 e. The molecule has 0 N–H and O–H groups in total. The molecule has 0 fully saturated rings. The Kier molecular flexibility index (Phi) is 1.34. The van der Waals surface area contributed by atoms with Crippen molar-refractivity contribution in [2.24, 2.45) is 0 Å². The van der Waals surface area contributed by atoms with E-state index in [0.29, 0.717) is 0 Å². The smallest absolute Gasteiger partial charge is 0.0165 e. The summed E-state index contributed by atoms with van der Waals surface area (Å²) in [5.74, 6) is 0. The van der Waals surface area contributed by atoms with Gasteiger partial charge in [0.05, 0.1) is 0 Å². The van der Waals surface area contributed by atoms with Crippen molar-refractivity contribution in [3.05, 3.63) is 41.2 Å². The molecule has 0 atom stereocenters. The molecule has 10 heavy (non-hydrogen) atoms. The Hall–Kier alpha value is -1.00. The number of hydrogen-bond acceptors (Lipinski definition) is 0. The van der Waals surface area contributed by atoms with Gasteiger partial charge in [-0.1, -0.05) is 12.2 Å². The summed E-state index contributed by atoms with van der Waals surface area (Å²) in [5.41, 5.74) is 6.13. The third-order valence-electron chi connectivity index (χ3n) is 2.05. The van der Waals surface area contributed by atoms with Gasteiger partial charge in [-0.2, -0.15) is 0 Å². The molecule has 0 heterocycles. The first-order valence-corrected chi connectivity index (χ1v) is 3.78. The molecule has 0 heteroatoms. The van der Waals surface area contributed by atoms with E-state index in [-0.39, 0.29) is 0 Å². The molecule has 0 aromatic heterocycles. The third kappa shape index (κ3) is 0.872. The third-order valence-corrected chi connectivity index (χ3v) is 2.05. The summed E-state index contributed by atoms with van der Waals surface area (Å²) < 4.78 is 0. The Bertz CT molecular complexity index is 258. The van der Waals surface area contributed by atoms with Gasteiger partial charge in [0.25, 0.3) is 0 Å². The molecule has 0 aliphatic heterocycles. The van der Waals surface area contributed by atoms with E-state index >= 15 is 0 Å². The van der Waals surface area contributed by atoms with Crippen molar-refractivity contribution in [2.45, 2.75) is 19.3 Å². The molecule has 0 bridgehead atoms. The summed E-state index contributed by atoms with van der Waals surface area (Å²) in [4.78, 5) is 0. The van der Waals surface area contributed by atoms with E-state index in [0.717, 1.165) is 0 Å². The topological polar surface area (TPSA) is 0 Å². The van der Waals surface area contributed by atoms with Crippen molar-refractivity contribution in [3.8, 4) is 0 Å². The zero-order valence-corrected chi connectivity index (χ0v) is 5.93. The Morgan fingerprint density at radius 3 is 3.10 bits per heavy atom.